The second kappa shape index (κ2) is 10.1. The van der Waals surface area contributed by atoms with E-state index in [1.54, 1.807) is 36.4 Å². The van der Waals surface area contributed by atoms with Gasteiger partial charge in [0.15, 0.2) is 11.5 Å². The van der Waals surface area contributed by atoms with Crippen molar-refractivity contribution in [3.8, 4) is 23.0 Å². The van der Waals surface area contributed by atoms with Gasteiger partial charge in [0.1, 0.15) is 11.5 Å². The van der Waals surface area contributed by atoms with E-state index in [9.17, 15) is 9.59 Å². The number of hydrogen-bond donors (Lipinski definition) is 0. The monoisotopic (exact) mass is 450 g/mol. The fraction of sp³-hybridized carbons (Fsp3) is 0.231. The van der Waals surface area contributed by atoms with Crippen LogP contribution in [0.4, 0.5) is 9.59 Å². The van der Waals surface area contributed by atoms with Gasteiger partial charge in [-0.15, -0.1) is 0 Å². The van der Waals surface area contributed by atoms with Crippen molar-refractivity contribution in [3.05, 3.63) is 83.4 Å². The Hall–Kier alpha value is -4.00. The predicted molar refractivity (Wildman–Crippen MR) is 122 cm³/mol. The zero-order valence-corrected chi connectivity index (χ0v) is 19.2. The Bertz CT molecular complexity index is 1120. The molecule has 0 aromatic heterocycles. The predicted octanol–water partition coefficient (Wildman–Crippen LogP) is 6.05. The molecule has 7 nitrogen and oxygen atoms in total. The summed E-state index contributed by atoms with van der Waals surface area (Å²) in [5, 5.41) is 0. The SMILES string of the molecule is COC(=O)Oc1ccc(C(C)(C)c2ccc(OC(=O)Oc3ccc(C)cc3OC)cc2)cc1. The molecule has 0 radical (unpaired) electrons. The van der Waals surface area contributed by atoms with Crippen LogP contribution in [0.1, 0.15) is 30.5 Å². The van der Waals surface area contributed by atoms with Crippen molar-refractivity contribution >= 4 is 12.3 Å². The molecule has 3 rings (SSSR count). The van der Waals surface area contributed by atoms with Crippen molar-refractivity contribution < 1.29 is 33.3 Å². The summed E-state index contributed by atoms with van der Waals surface area (Å²) >= 11 is 0. The van der Waals surface area contributed by atoms with Gasteiger partial charge >= 0.3 is 12.3 Å². The molecule has 0 saturated carbocycles. The number of methoxy groups -OCH3 is 2. The minimum Gasteiger partial charge on any atom is -0.493 e. The molecular formula is C26H26O7. The first-order chi connectivity index (χ1) is 15.7. The molecular weight excluding hydrogens is 424 g/mol. The summed E-state index contributed by atoms with van der Waals surface area (Å²) in [5.74, 6) is 1.49. The molecule has 7 heteroatoms. The number of hydrogen-bond acceptors (Lipinski definition) is 7. The van der Waals surface area contributed by atoms with E-state index in [4.69, 9.17) is 18.9 Å². The summed E-state index contributed by atoms with van der Waals surface area (Å²) in [5.41, 5.74) is 2.65. The lowest BCUT2D eigenvalue weighted by Gasteiger charge is -2.26. The Morgan fingerprint density at radius 3 is 1.67 bits per heavy atom. The van der Waals surface area contributed by atoms with Crippen LogP contribution in [0.25, 0.3) is 0 Å². The second-order valence-electron chi connectivity index (χ2n) is 7.84. The van der Waals surface area contributed by atoms with Crippen molar-refractivity contribution in [2.24, 2.45) is 0 Å². The molecule has 0 saturated heterocycles. The van der Waals surface area contributed by atoms with E-state index in [1.807, 2.05) is 37.3 Å². The van der Waals surface area contributed by atoms with Crippen molar-refractivity contribution in [2.45, 2.75) is 26.2 Å². The topological polar surface area (TPSA) is 80.3 Å². The number of benzene rings is 3. The Kier molecular flexibility index (Phi) is 7.23. The van der Waals surface area contributed by atoms with Crippen LogP contribution in [0.2, 0.25) is 0 Å². The van der Waals surface area contributed by atoms with Gasteiger partial charge in [-0.3, -0.25) is 0 Å². The summed E-state index contributed by atoms with van der Waals surface area (Å²) in [7, 11) is 2.76. The van der Waals surface area contributed by atoms with E-state index in [2.05, 4.69) is 18.6 Å². The van der Waals surface area contributed by atoms with Gasteiger partial charge in [-0.05, 0) is 60.0 Å². The van der Waals surface area contributed by atoms with Crippen LogP contribution in [0.5, 0.6) is 23.0 Å². The highest BCUT2D eigenvalue weighted by Gasteiger charge is 2.23. The van der Waals surface area contributed by atoms with Crippen molar-refractivity contribution in [2.75, 3.05) is 14.2 Å². The van der Waals surface area contributed by atoms with Gasteiger partial charge in [-0.25, -0.2) is 9.59 Å². The van der Waals surface area contributed by atoms with Crippen LogP contribution >= 0.6 is 0 Å². The van der Waals surface area contributed by atoms with Gasteiger partial charge in [-0.1, -0.05) is 44.2 Å². The van der Waals surface area contributed by atoms with E-state index < -0.39 is 12.3 Å². The molecule has 0 aliphatic carbocycles. The molecule has 0 fully saturated rings. The van der Waals surface area contributed by atoms with Crippen LogP contribution in [0, 0.1) is 6.92 Å². The zero-order chi connectivity index (χ0) is 24.0. The Labute approximate surface area is 192 Å². The third kappa shape index (κ3) is 5.83. The molecule has 0 atom stereocenters. The first kappa shape index (κ1) is 23.7. The van der Waals surface area contributed by atoms with Crippen LogP contribution < -0.4 is 18.9 Å². The standard InChI is InChI=1S/C26H26O7/c1-17-6-15-22(23(16-17)29-4)33-25(28)32-21-13-9-19(10-14-21)26(2,3)18-7-11-20(12-8-18)31-24(27)30-5/h6-16H,1-5H3. The minimum atomic E-state index is -0.856. The molecule has 0 unspecified atom stereocenters. The Morgan fingerprint density at radius 1 is 0.667 bits per heavy atom. The summed E-state index contributed by atoms with van der Waals surface area (Å²) in [6.45, 7) is 6.05. The first-order valence-electron chi connectivity index (χ1n) is 10.2. The van der Waals surface area contributed by atoms with E-state index >= 15 is 0 Å². The van der Waals surface area contributed by atoms with Gasteiger partial charge in [0.2, 0.25) is 0 Å². The summed E-state index contributed by atoms with van der Waals surface area (Å²) < 4.78 is 25.3. The van der Waals surface area contributed by atoms with Crippen LogP contribution in [0.3, 0.4) is 0 Å². The number of rotatable bonds is 6. The molecule has 0 spiro atoms. The highest BCUT2D eigenvalue weighted by molar-refractivity contribution is 5.68. The van der Waals surface area contributed by atoms with Gasteiger partial charge < -0.3 is 23.7 Å². The molecule has 33 heavy (non-hydrogen) atoms. The number of carbonyl (C=O) groups is 2. The molecule has 0 N–H and O–H groups in total. The van der Waals surface area contributed by atoms with Gasteiger partial charge in [0.05, 0.1) is 14.2 Å². The van der Waals surface area contributed by atoms with E-state index in [1.165, 1.54) is 14.2 Å². The maximum absolute atomic E-state index is 12.2. The molecule has 0 bridgehead atoms. The normalized spacial score (nSPS) is 10.8. The number of ether oxygens (including phenoxy) is 5. The van der Waals surface area contributed by atoms with Gasteiger partial charge in [0, 0.05) is 5.41 Å². The van der Waals surface area contributed by atoms with E-state index in [0.717, 1.165) is 16.7 Å². The molecule has 0 aliphatic rings. The van der Waals surface area contributed by atoms with E-state index in [0.29, 0.717) is 17.2 Å². The lowest BCUT2D eigenvalue weighted by Crippen LogP contribution is -2.19. The minimum absolute atomic E-state index is 0.283. The Balaban J connectivity index is 1.67. The van der Waals surface area contributed by atoms with Crippen molar-refractivity contribution in [1.29, 1.82) is 0 Å². The lowest BCUT2D eigenvalue weighted by molar-refractivity contribution is 0.121. The number of aryl methyl sites for hydroxylation is 1. The third-order valence-electron chi connectivity index (χ3n) is 5.23. The zero-order valence-electron chi connectivity index (χ0n) is 19.2. The second-order valence-corrected chi connectivity index (χ2v) is 7.84. The summed E-state index contributed by atoms with van der Waals surface area (Å²) in [4.78, 5) is 23.5. The molecule has 3 aromatic carbocycles. The maximum atomic E-state index is 12.2. The summed E-state index contributed by atoms with van der Waals surface area (Å²) in [6, 6.07) is 19.6. The molecule has 0 amide bonds. The van der Waals surface area contributed by atoms with Crippen LogP contribution in [0.15, 0.2) is 66.7 Å². The van der Waals surface area contributed by atoms with Crippen LogP contribution in [-0.2, 0) is 10.2 Å². The smallest absolute Gasteiger partial charge is 0.493 e. The number of carbonyl (C=O) groups excluding carboxylic acids is 2. The molecule has 0 aliphatic heterocycles. The molecule has 3 aromatic rings. The fourth-order valence-corrected chi connectivity index (χ4v) is 3.25. The molecule has 0 heterocycles. The van der Waals surface area contributed by atoms with Crippen molar-refractivity contribution in [3.63, 3.8) is 0 Å². The van der Waals surface area contributed by atoms with Gasteiger partial charge in [0.25, 0.3) is 0 Å². The average Bonchev–Trinajstić information content (AvgIpc) is 2.80. The van der Waals surface area contributed by atoms with Gasteiger partial charge in [-0.2, -0.15) is 0 Å². The lowest BCUT2D eigenvalue weighted by atomic mass is 9.78. The van der Waals surface area contributed by atoms with E-state index in [-0.39, 0.29) is 11.2 Å². The largest absolute Gasteiger partial charge is 0.519 e. The van der Waals surface area contributed by atoms with Crippen LogP contribution in [-0.4, -0.2) is 26.5 Å². The molecule has 172 valence electrons. The summed E-state index contributed by atoms with van der Waals surface area (Å²) in [6.07, 6.45) is -1.62. The Morgan fingerprint density at radius 2 is 1.18 bits per heavy atom. The highest BCUT2D eigenvalue weighted by Crippen LogP contribution is 2.34. The third-order valence-corrected chi connectivity index (χ3v) is 5.23. The maximum Gasteiger partial charge on any atom is 0.519 e. The first-order valence-corrected chi connectivity index (χ1v) is 10.2. The van der Waals surface area contributed by atoms with Crippen molar-refractivity contribution in [1.82, 2.24) is 0 Å². The quantitative estimate of drug-likeness (QED) is 0.334. The average molecular weight is 450 g/mol. The fourth-order valence-electron chi connectivity index (χ4n) is 3.25. The highest BCUT2D eigenvalue weighted by atomic mass is 16.7.